The van der Waals surface area contributed by atoms with Gasteiger partial charge in [0.1, 0.15) is 0 Å². The summed E-state index contributed by atoms with van der Waals surface area (Å²) in [6.45, 7) is 13.2. The molecule has 2 aromatic rings. The fourth-order valence-electron chi connectivity index (χ4n) is 3.78. The highest BCUT2D eigenvalue weighted by atomic mass is 16.3. The second kappa shape index (κ2) is 8.67. The number of rotatable bonds is 7. The lowest BCUT2D eigenvalue weighted by Gasteiger charge is -2.27. The molecule has 0 aliphatic heterocycles. The number of aliphatic hydroxyl groups excluding tert-OH is 1. The molecule has 0 bridgehead atoms. The fraction of sp³-hybridized carbons (Fsp3) is 0.500. The van der Waals surface area contributed by atoms with E-state index in [1.54, 1.807) is 0 Å². The molecule has 1 unspecified atom stereocenters. The van der Waals surface area contributed by atoms with E-state index in [4.69, 9.17) is 0 Å². The fourth-order valence-corrected chi connectivity index (χ4v) is 3.78. The summed E-state index contributed by atoms with van der Waals surface area (Å²) in [6.07, 6.45) is 2.97. The molecular formula is C24H34O. The molecule has 25 heavy (non-hydrogen) atoms. The van der Waals surface area contributed by atoms with Gasteiger partial charge in [0, 0.05) is 0 Å². The van der Waals surface area contributed by atoms with E-state index in [1.165, 1.54) is 40.7 Å². The number of hydrogen-bond donors (Lipinski definition) is 1. The minimum absolute atomic E-state index is 0.393. The van der Waals surface area contributed by atoms with Gasteiger partial charge >= 0.3 is 0 Å². The van der Waals surface area contributed by atoms with Crippen LogP contribution >= 0.6 is 0 Å². The lowest BCUT2D eigenvalue weighted by Crippen LogP contribution is -2.10. The topological polar surface area (TPSA) is 20.2 Å². The molecule has 0 fully saturated rings. The van der Waals surface area contributed by atoms with Crippen molar-refractivity contribution in [3.63, 3.8) is 0 Å². The van der Waals surface area contributed by atoms with E-state index in [1.807, 2.05) is 6.92 Å². The third-order valence-corrected chi connectivity index (χ3v) is 5.05. The predicted octanol–water partition coefficient (Wildman–Crippen LogP) is 7.00. The van der Waals surface area contributed by atoms with Crippen LogP contribution in [-0.4, -0.2) is 5.11 Å². The lowest BCUT2D eigenvalue weighted by atomic mass is 9.78. The zero-order valence-electron chi connectivity index (χ0n) is 16.8. The summed E-state index contributed by atoms with van der Waals surface area (Å²) in [5.41, 5.74) is 7.80. The summed E-state index contributed by atoms with van der Waals surface area (Å²) in [4.78, 5) is 0. The van der Waals surface area contributed by atoms with E-state index >= 15 is 0 Å². The highest BCUT2D eigenvalue weighted by Gasteiger charge is 2.23. The molecule has 2 rings (SSSR count). The monoisotopic (exact) mass is 338 g/mol. The molecule has 0 radical (unpaired) electrons. The van der Waals surface area contributed by atoms with E-state index < -0.39 is 6.10 Å². The van der Waals surface area contributed by atoms with Gasteiger partial charge in [0.25, 0.3) is 0 Å². The first kappa shape index (κ1) is 19.7. The van der Waals surface area contributed by atoms with Crippen LogP contribution in [0.3, 0.4) is 0 Å². The van der Waals surface area contributed by atoms with Crippen molar-refractivity contribution in [3.8, 4) is 11.1 Å². The van der Waals surface area contributed by atoms with Crippen LogP contribution in [0.15, 0.2) is 36.4 Å². The molecule has 0 saturated carbocycles. The van der Waals surface area contributed by atoms with E-state index in [-0.39, 0.29) is 0 Å². The second-order valence-electron chi connectivity index (χ2n) is 7.78. The summed E-state index contributed by atoms with van der Waals surface area (Å²) in [6, 6.07) is 13.0. The lowest BCUT2D eigenvalue weighted by molar-refractivity contribution is 0.198. The number of benzene rings is 2. The van der Waals surface area contributed by atoms with Crippen molar-refractivity contribution >= 4 is 0 Å². The molecule has 2 aromatic carbocycles. The summed E-state index contributed by atoms with van der Waals surface area (Å²) < 4.78 is 0. The summed E-state index contributed by atoms with van der Waals surface area (Å²) in [5.74, 6) is 0.875. The maximum atomic E-state index is 10.7. The van der Waals surface area contributed by atoms with Crippen LogP contribution in [0.4, 0.5) is 0 Å². The standard InChI is InChI=1S/C24H34O/c1-7-8-14-20-21(16(2)3)15-22(17(4)5)23(18(6)25)24(20)19-12-10-9-11-13-19/h9-13,15-18,25H,7-8,14H2,1-6H3. The van der Waals surface area contributed by atoms with Gasteiger partial charge in [-0.1, -0.05) is 77.4 Å². The Balaban J connectivity index is 2.89. The van der Waals surface area contributed by atoms with Crippen LogP contribution in [0, 0.1) is 0 Å². The van der Waals surface area contributed by atoms with Gasteiger partial charge in [0.15, 0.2) is 0 Å². The Kier molecular flexibility index (Phi) is 6.84. The maximum Gasteiger partial charge on any atom is 0.0770 e. The molecule has 0 aromatic heterocycles. The predicted molar refractivity (Wildman–Crippen MR) is 109 cm³/mol. The van der Waals surface area contributed by atoms with Gasteiger partial charge in [-0.25, -0.2) is 0 Å². The van der Waals surface area contributed by atoms with Crippen LogP contribution in [-0.2, 0) is 6.42 Å². The number of aliphatic hydroxyl groups is 1. The van der Waals surface area contributed by atoms with Crippen molar-refractivity contribution in [1.82, 2.24) is 0 Å². The normalized spacial score (nSPS) is 12.8. The Bertz CT molecular complexity index is 681. The molecule has 1 heteroatoms. The molecule has 1 atom stereocenters. The van der Waals surface area contributed by atoms with Crippen molar-refractivity contribution in [3.05, 3.63) is 58.7 Å². The van der Waals surface area contributed by atoms with Gasteiger partial charge in [-0.05, 0) is 65.0 Å². The molecule has 1 N–H and O–H groups in total. The van der Waals surface area contributed by atoms with Crippen LogP contribution in [0.25, 0.3) is 11.1 Å². The van der Waals surface area contributed by atoms with Gasteiger partial charge in [0.05, 0.1) is 6.10 Å². The first-order chi connectivity index (χ1) is 11.9. The van der Waals surface area contributed by atoms with Gasteiger partial charge in [-0.15, -0.1) is 0 Å². The smallest absolute Gasteiger partial charge is 0.0770 e. The van der Waals surface area contributed by atoms with Gasteiger partial charge in [0.2, 0.25) is 0 Å². The number of unbranched alkanes of at least 4 members (excludes halogenated alkanes) is 1. The molecule has 0 aliphatic carbocycles. The summed E-state index contributed by atoms with van der Waals surface area (Å²) in [5, 5.41) is 10.7. The van der Waals surface area contributed by atoms with Crippen LogP contribution in [0.5, 0.6) is 0 Å². The van der Waals surface area contributed by atoms with Crippen LogP contribution in [0.1, 0.15) is 94.6 Å². The first-order valence-corrected chi connectivity index (χ1v) is 9.81. The average molecular weight is 339 g/mol. The Hall–Kier alpha value is -1.60. The van der Waals surface area contributed by atoms with Crippen molar-refractivity contribution in [2.45, 2.75) is 78.7 Å². The van der Waals surface area contributed by atoms with Crippen molar-refractivity contribution < 1.29 is 5.11 Å². The Morgan fingerprint density at radius 2 is 1.48 bits per heavy atom. The Labute approximate surface area is 154 Å². The largest absolute Gasteiger partial charge is 0.389 e. The quantitative estimate of drug-likeness (QED) is 0.576. The zero-order valence-corrected chi connectivity index (χ0v) is 16.8. The van der Waals surface area contributed by atoms with Crippen LogP contribution in [0.2, 0.25) is 0 Å². The molecule has 136 valence electrons. The SMILES string of the molecule is CCCCc1c(C(C)C)cc(C(C)C)c(C(C)O)c1-c1ccccc1. The van der Waals surface area contributed by atoms with Crippen LogP contribution < -0.4 is 0 Å². The maximum absolute atomic E-state index is 10.7. The number of hydrogen-bond acceptors (Lipinski definition) is 1. The minimum Gasteiger partial charge on any atom is -0.389 e. The third kappa shape index (κ3) is 4.33. The van der Waals surface area contributed by atoms with E-state index in [9.17, 15) is 5.11 Å². The highest BCUT2D eigenvalue weighted by molar-refractivity contribution is 5.75. The third-order valence-electron chi connectivity index (χ3n) is 5.05. The minimum atomic E-state index is -0.464. The molecule has 1 nitrogen and oxygen atoms in total. The van der Waals surface area contributed by atoms with E-state index in [2.05, 4.69) is 71.0 Å². The summed E-state index contributed by atoms with van der Waals surface area (Å²) in [7, 11) is 0. The molecule has 0 saturated heterocycles. The first-order valence-electron chi connectivity index (χ1n) is 9.81. The molecule has 0 heterocycles. The highest BCUT2D eigenvalue weighted by Crippen LogP contribution is 2.41. The van der Waals surface area contributed by atoms with Crippen molar-refractivity contribution in [1.29, 1.82) is 0 Å². The average Bonchev–Trinajstić information content (AvgIpc) is 2.58. The molecule has 0 spiro atoms. The van der Waals surface area contributed by atoms with Crippen molar-refractivity contribution in [2.75, 3.05) is 0 Å². The van der Waals surface area contributed by atoms with Gasteiger partial charge in [-0.3, -0.25) is 0 Å². The zero-order chi connectivity index (χ0) is 18.6. The second-order valence-corrected chi connectivity index (χ2v) is 7.78. The van der Waals surface area contributed by atoms with E-state index in [0.717, 1.165) is 12.0 Å². The summed E-state index contributed by atoms with van der Waals surface area (Å²) >= 11 is 0. The molecule has 0 amide bonds. The molecular weight excluding hydrogens is 304 g/mol. The van der Waals surface area contributed by atoms with Gasteiger partial charge < -0.3 is 5.11 Å². The van der Waals surface area contributed by atoms with Crippen molar-refractivity contribution in [2.24, 2.45) is 0 Å². The Morgan fingerprint density at radius 1 is 0.880 bits per heavy atom. The molecule has 0 aliphatic rings. The Morgan fingerprint density at radius 3 is 1.96 bits per heavy atom. The van der Waals surface area contributed by atoms with Gasteiger partial charge in [-0.2, -0.15) is 0 Å². The van der Waals surface area contributed by atoms with E-state index in [0.29, 0.717) is 11.8 Å².